The molecule has 212 valence electrons. The Hall–Kier alpha value is -3.96. The van der Waals surface area contributed by atoms with E-state index < -0.39 is 0 Å². The van der Waals surface area contributed by atoms with Gasteiger partial charge in [-0.15, -0.1) is 11.3 Å². The van der Waals surface area contributed by atoms with E-state index in [4.69, 9.17) is 21.1 Å². The SMILES string of the molecule is Cc1c(COc2cc(OCc3cncc(C#N)c3)c(CN3CCCC3C)cc2Cl)cccc1-c1ccc2scnc2c1. The summed E-state index contributed by atoms with van der Waals surface area (Å²) >= 11 is 8.45. The van der Waals surface area contributed by atoms with Crippen LogP contribution >= 0.6 is 22.9 Å². The predicted octanol–water partition coefficient (Wildman–Crippen LogP) is 8.33. The molecule has 0 bridgehead atoms. The third-order valence-electron chi connectivity index (χ3n) is 7.97. The number of pyridine rings is 1. The van der Waals surface area contributed by atoms with Gasteiger partial charge in [-0.3, -0.25) is 9.88 Å². The van der Waals surface area contributed by atoms with Crippen molar-refractivity contribution in [2.24, 2.45) is 0 Å². The van der Waals surface area contributed by atoms with Gasteiger partial charge in [-0.1, -0.05) is 35.9 Å². The molecule has 6 nitrogen and oxygen atoms in total. The molecule has 0 saturated carbocycles. The quantitative estimate of drug-likeness (QED) is 0.171. The molecule has 6 rings (SSSR count). The lowest BCUT2D eigenvalue weighted by atomic mass is 9.96. The van der Waals surface area contributed by atoms with Crippen molar-refractivity contribution in [3.63, 3.8) is 0 Å². The minimum Gasteiger partial charge on any atom is -0.488 e. The first-order valence-electron chi connectivity index (χ1n) is 14.1. The molecular formula is C34H31ClN4O2S. The topological polar surface area (TPSA) is 71.3 Å². The molecule has 0 N–H and O–H groups in total. The van der Waals surface area contributed by atoms with Crippen LogP contribution in [0.3, 0.4) is 0 Å². The van der Waals surface area contributed by atoms with E-state index in [1.54, 1.807) is 29.8 Å². The first-order chi connectivity index (χ1) is 20.5. The zero-order valence-corrected chi connectivity index (χ0v) is 25.2. The van der Waals surface area contributed by atoms with Gasteiger partial charge in [0.15, 0.2) is 0 Å². The van der Waals surface area contributed by atoms with Gasteiger partial charge in [0.05, 0.1) is 26.3 Å². The second kappa shape index (κ2) is 12.5. The summed E-state index contributed by atoms with van der Waals surface area (Å²) in [6, 6.07) is 21.0. The van der Waals surface area contributed by atoms with Crippen LogP contribution in [0.15, 0.2) is 72.5 Å². The number of nitriles is 1. The Morgan fingerprint density at radius 2 is 1.93 bits per heavy atom. The summed E-state index contributed by atoms with van der Waals surface area (Å²) < 4.78 is 13.8. The summed E-state index contributed by atoms with van der Waals surface area (Å²) in [5.74, 6) is 1.29. The summed E-state index contributed by atoms with van der Waals surface area (Å²) in [7, 11) is 0. The number of fused-ring (bicyclic) bond motifs is 1. The Morgan fingerprint density at radius 1 is 1.05 bits per heavy atom. The van der Waals surface area contributed by atoms with Gasteiger partial charge >= 0.3 is 0 Å². The second-order valence-electron chi connectivity index (χ2n) is 10.7. The summed E-state index contributed by atoms with van der Waals surface area (Å²) in [4.78, 5) is 11.1. The zero-order chi connectivity index (χ0) is 29.1. The third kappa shape index (κ3) is 6.12. The van der Waals surface area contributed by atoms with Crippen molar-refractivity contribution in [1.29, 1.82) is 5.26 Å². The van der Waals surface area contributed by atoms with Crippen molar-refractivity contribution in [2.75, 3.05) is 6.54 Å². The van der Waals surface area contributed by atoms with E-state index in [2.05, 4.69) is 71.2 Å². The van der Waals surface area contributed by atoms with Gasteiger partial charge in [0.1, 0.15) is 30.8 Å². The van der Waals surface area contributed by atoms with Gasteiger partial charge < -0.3 is 9.47 Å². The number of rotatable bonds is 9. The number of hydrogen-bond donors (Lipinski definition) is 0. The minimum atomic E-state index is 0.288. The number of nitrogens with zero attached hydrogens (tertiary/aromatic N) is 4. The first-order valence-corrected chi connectivity index (χ1v) is 15.3. The Kier molecular flexibility index (Phi) is 8.38. The Labute approximate surface area is 255 Å². The van der Waals surface area contributed by atoms with Crippen LogP contribution in [0.1, 0.15) is 47.6 Å². The minimum absolute atomic E-state index is 0.288. The van der Waals surface area contributed by atoms with Crippen molar-refractivity contribution in [1.82, 2.24) is 14.9 Å². The van der Waals surface area contributed by atoms with Crippen LogP contribution in [0.2, 0.25) is 5.02 Å². The Bertz CT molecular complexity index is 1780. The number of hydrogen-bond acceptors (Lipinski definition) is 7. The smallest absolute Gasteiger partial charge is 0.142 e. The molecule has 1 atom stereocenters. The van der Waals surface area contributed by atoms with E-state index in [0.717, 1.165) is 57.7 Å². The average Bonchev–Trinajstić information content (AvgIpc) is 3.65. The second-order valence-corrected chi connectivity index (χ2v) is 12.0. The molecule has 0 aliphatic carbocycles. The first kappa shape index (κ1) is 28.2. The maximum Gasteiger partial charge on any atom is 0.142 e. The molecule has 1 fully saturated rings. The molecule has 3 heterocycles. The maximum absolute atomic E-state index is 9.26. The van der Waals surface area contributed by atoms with Crippen LogP contribution in [0.5, 0.6) is 11.5 Å². The number of ether oxygens (including phenoxy) is 2. The van der Waals surface area contributed by atoms with Crippen LogP contribution in [0, 0.1) is 18.3 Å². The standard InChI is InChI=1S/C34H31ClN4O2S/c1-22-5-4-10-39(22)18-28-12-30(35)33(14-32(28)40-19-25-11-24(15-36)16-37-17-25)41-20-27-6-3-7-29(23(27)2)26-8-9-34-31(13-26)38-21-42-34/h3,6-9,11-14,16-17,21-22H,4-5,10,18-20H2,1-2H3. The summed E-state index contributed by atoms with van der Waals surface area (Å²) in [6.45, 7) is 6.84. The molecule has 1 aliphatic rings. The van der Waals surface area contributed by atoms with Crippen LogP contribution in [0.4, 0.5) is 0 Å². The van der Waals surface area contributed by atoms with E-state index in [1.165, 1.54) is 17.5 Å². The van der Waals surface area contributed by atoms with Crippen LogP contribution < -0.4 is 9.47 Å². The number of aromatic nitrogens is 2. The van der Waals surface area contributed by atoms with Gasteiger partial charge in [0.25, 0.3) is 0 Å². The molecule has 0 radical (unpaired) electrons. The van der Waals surface area contributed by atoms with Crippen molar-refractivity contribution in [3.8, 4) is 28.7 Å². The van der Waals surface area contributed by atoms with E-state index in [1.807, 2.05) is 17.6 Å². The largest absolute Gasteiger partial charge is 0.488 e. The summed E-state index contributed by atoms with van der Waals surface area (Å²) in [5.41, 5.74) is 9.77. The predicted molar refractivity (Wildman–Crippen MR) is 168 cm³/mol. The van der Waals surface area contributed by atoms with Gasteiger partial charge in [-0.2, -0.15) is 5.26 Å². The molecule has 8 heteroatoms. The van der Waals surface area contributed by atoms with E-state index in [9.17, 15) is 5.26 Å². The Balaban J connectivity index is 1.25. The molecule has 2 aromatic heterocycles. The molecular weight excluding hydrogens is 564 g/mol. The fraction of sp³-hybridized carbons (Fsp3) is 0.265. The number of likely N-dealkylation sites (tertiary alicyclic amines) is 1. The lowest BCUT2D eigenvalue weighted by Gasteiger charge is -2.23. The molecule has 42 heavy (non-hydrogen) atoms. The van der Waals surface area contributed by atoms with E-state index in [0.29, 0.717) is 29.0 Å². The molecule has 1 saturated heterocycles. The summed E-state index contributed by atoms with van der Waals surface area (Å²) in [5, 5.41) is 9.82. The number of thiazole rings is 1. The molecule has 0 amide bonds. The monoisotopic (exact) mass is 594 g/mol. The van der Waals surface area contributed by atoms with Crippen LogP contribution in [-0.2, 0) is 19.8 Å². The third-order valence-corrected chi connectivity index (χ3v) is 9.07. The number of halogens is 1. The molecule has 5 aromatic rings. The molecule has 3 aromatic carbocycles. The van der Waals surface area contributed by atoms with Gasteiger partial charge in [0, 0.05) is 42.2 Å². The van der Waals surface area contributed by atoms with Crippen molar-refractivity contribution in [3.05, 3.63) is 105 Å². The van der Waals surface area contributed by atoms with Crippen molar-refractivity contribution in [2.45, 2.75) is 52.5 Å². The summed E-state index contributed by atoms with van der Waals surface area (Å²) in [6.07, 6.45) is 5.65. The molecule has 1 aliphatic heterocycles. The fourth-order valence-electron chi connectivity index (χ4n) is 5.51. The lowest BCUT2D eigenvalue weighted by molar-refractivity contribution is 0.246. The maximum atomic E-state index is 9.26. The van der Waals surface area contributed by atoms with E-state index in [-0.39, 0.29) is 6.61 Å². The molecule has 1 unspecified atom stereocenters. The highest BCUT2D eigenvalue weighted by Gasteiger charge is 2.23. The molecule has 0 spiro atoms. The highest BCUT2D eigenvalue weighted by atomic mass is 35.5. The highest BCUT2D eigenvalue weighted by Crippen LogP contribution is 2.36. The van der Waals surface area contributed by atoms with Gasteiger partial charge in [-0.25, -0.2) is 4.98 Å². The van der Waals surface area contributed by atoms with Gasteiger partial charge in [-0.05, 0) is 79.8 Å². The Morgan fingerprint density at radius 3 is 2.76 bits per heavy atom. The normalized spacial score (nSPS) is 15.1. The fourth-order valence-corrected chi connectivity index (χ4v) is 6.41. The van der Waals surface area contributed by atoms with Crippen molar-refractivity contribution < 1.29 is 9.47 Å². The van der Waals surface area contributed by atoms with E-state index >= 15 is 0 Å². The zero-order valence-electron chi connectivity index (χ0n) is 23.6. The van der Waals surface area contributed by atoms with Crippen LogP contribution in [0.25, 0.3) is 21.3 Å². The van der Waals surface area contributed by atoms with Crippen molar-refractivity contribution >= 4 is 33.2 Å². The number of benzene rings is 3. The van der Waals surface area contributed by atoms with Gasteiger partial charge in [0.2, 0.25) is 0 Å². The lowest BCUT2D eigenvalue weighted by Crippen LogP contribution is -2.26. The van der Waals surface area contributed by atoms with Crippen LogP contribution in [-0.4, -0.2) is 27.5 Å². The average molecular weight is 595 g/mol. The highest BCUT2D eigenvalue weighted by molar-refractivity contribution is 7.16.